The van der Waals surface area contributed by atoms with Gasteiger partial charge in [-0.15, -0.1) is 0 Å². The van der Waals surface area contributed by atoms with Crippen LogP contribution >= 0.6 is 0 Å². The Hall–Kier alpha value is -3.84. The molecule has 4 N–H and O–H groups in total. The molecule has 1 aromatic rings. The summed E-state index contributed by atoms with van der Waals surface area (Å²) in [5.74, 6) is -9.05. The van der Waals surface area contributed by atoms with Crippen LogP contribution in [-0.2, 0) is 33.4 Å². The number of esters is 2. The molecule has 0 spiro atoms. The minimum absolute atomic E-state index is 0. The van der Waals surface area contributed by atoms with Crippen molar-refractivity contribution in [2.45, 2.75) is 0 Å². The zero-order valence-corrected chi connectivity index (χ0v) is 20.0. The highest BCUT2D eigenvalue weighted by Gasteiger charge is 2.41. The van der Waals surface area contributed by atoms with Crippen LogP contribution < -0.4 is 28.9 Å². The lowest BCUT2D eigenvalue weighted by Gasteiger charge is -2.22. The Labute approximate surface area is 201 Å². The number of hydrazone groups is 1. The van der Waals surface area contributed by atoms with Crippen molar-refractivity contribution in [3.63, 3.8) is 0 Å². The maximum atomic E-state index is 12.8. The average molecular weight is 500 g/mol. The maximum absolute atomic E-state index is 12.8. The lowest BCUT2D eigenvalue weighted by Crippen LogP contribution is -3.00. The van der Waals surface area contributed by atoms with Crippen molar-refractivity contribution < 1.29 is 55.1 Å². The van der Waals surface area contributed by atoms with Crippen LogP contribution in [0.5, 0.6) is 0 Å². The van der Waals surface area contributed by atoms with E-state index in [-0.39, 0.29) is 34.7 Å². The number of methoxy groups -OCH3 is 2. The Morgan fingerprint density at radius 3 is 2.12 bits per heavy atom. The number of anilines is 1. The molecule has 0 aromatic heterocycles. The van der Waals surface area contributed by atoms with E-state index >= 15 is 0 Å². The molecule has 1 unspecified atom stereocenters. The maximum Gasteiger partial charge on any atom is 0.355 e. The number of nitrogens with one attached hydrogen (secondary N) is 2. The molecular weight excluding hydrogens is 474 g/mol. The summed E-state index contributed by atoms with van der Waals surface area (Å²) in [7, 11) is 7.04. The highest BCUT2D eigenvalue weighted by Crippen LogP contribution is 2.16. The van der Waals surface area contributed by atoms with Crippen LogP contribution in [0.15, 0.2) is 29.4 Å². The van der Waals surface area contributed by atoms with Crippen LogP contribution in [0.2, 0.25) is 0 Å². The summed E-state index contributed by atoms with van der Waals surface area (Å²) >= 11 is 0. The standard InChI is InChI=1S/C20H25N5O8.ClH/c1-25(2,3)10-13(26)23-24-15(20(31)33-5)14(19(30)32-4)16(27)18(29)22-12-9-7-6-8-11(12)17(21)28;/h6-9,14H,10H2,1-5H3,(H3-,21,22,23,26,28,29,31);1H. The number of quaternary nitrogens is 1. The molecule has 186 valence electrons. The number of ether oxygens (including phenoxy) is 2. The molecule has 0 radical (unpaired) electrons. The minimum atomic E-state index is -2.16. The summed E-state index contributed by atoms with van der Waals surface area (Å²) < 4.78 is 9.30. The first-order valence-electron chi connectivity index (χ1n) is 9.39. The number of rotatable bonds is 10. The van der Waals surface area contributed by atoms with Crippen molar-refractivity contribution >= 4 is 46.8 Å². The molecule has 1 aromatic carbocycles. The van der Waals surface area contributed by atoms with Gasteiger partial charge in [0.1, 0.15) is 0 Å². The highest BCUT2D eigenvalue weighted by molar-refractivity contribution is 6.55. The van der Waals surface area contributed by atoms with Crippen molar-refractivity contribution in [1.29, 1.82) is 0 Å². The third-order valence-electron chi connectivity index (χ3n) is 3.95. The summed E-state index contributed by atoms with van der Waals surface area (Å²) in [6.45, 7) is -0.0564. The summed E-state index contributed by atoms with van der Waals surface area (Å²) in [5.41, 5.74) is 6.24. The van der Waals surface area contributed by atoms with Crippen LogP contribution in [0.4, 0.5) is 5.69 Å². The first-order chi connectivity index (χ1) is 15.3. The fourth-order valence-corrected chi connectivity index (χ4v) is 2.50. The van der Waals surface area contributed by atoms with Gasteiger partial charge in [-0.1, -0.05) is 12.1 Å². The smallest absolute Gasteiger partial charge is 0.355 e. The molecule has 0 saturated carbocycles. The van der Waals surface area contributed by atoms with E-state index in [9.17, 15) is 28.8 Å². The van der Waals surface area contributed by atoms with Gasteiger partial charge < -0.3 is 37.4 Å². The SMILES string of the molecule is COC(=O)C(=NNC(=O)C[N+](C)(C)C)C(C(=O)OC)C(=O)C(=O)Nc1ccccc1C(N)=O.[Cl-]. The first-order valence-corrected chi connectivity index (χ1v) is 9.39. The van der Waals surface area contributed by atoms with Gasteiger partial charge in [-0.3, -0.25) is 24.0 Å². The van der Waals surface area contributed by atoms with Gasteiger partial charge in [-0.25, -0.2) is 10.2 Å². The molecule has 0 aliphatic carbocycles. The number of ketones is 1. The Bertz CT molecular complexity index is 1000. The number of primary amides is 1. The molecule has 1 atom stereocenters. The fourth-order valence-electron chi connectivity index (χ4n) is 2.50. The molecule has 14 heteroatoms. The summed E-state index contributed by atoms with van der Waals surface area (Å²) in [4.78, 5) is 73.6. The van der Waals surface area contributed by atoms with Crippen LogP contribution in [0.3, 0.4) is 0 Å². The average Bonchev–Trinajstić information content (AvgIpc) is 2.74. The lowest BCUT2D eigenvalue weighted by molar-refractivity contribution is -0.862. The number of hydrogen-bond acceptors (Lipinski definition) is 9. The molecule has 0 aliphatic heterocycles. The van der Waals surface area contributed by atoms with Crippen LogP contribution in [0, 0.1) is 5.92 Å². The van der Waals surface area contributed by atoms with E-state index in [0.29, 0.717) is 0 Å². The van der Waals surface area contributed by atoms with E-state index in [0.717, 1.165) is 14.2 Å². The molecule has 1 rings (SSSR count). The second-order valence-corrected chi connectivity index (χ2v) is 7.66. The van der Waals surface area contributed by atoms with Gasteiger partial charge in [0.25, 0.3) is 17.7 Å². The number of halogens is 1. The number of para-hydroxylation sites is 1. The number of amides is 3. The highest BCUT2D eigenvalue weighted by atomic mass is 35.5. The molecule has 34 heavy (non-hydrogen) atoms. The Kier molecular flexibility index (Phi) is 11.5. The molecule has 0 aliphatic rings. The quantitative estimate of drug-likeness (QED) is 0.0717. The molecule has 0 fully saturated rings. The Morgan fingerprint density at radius 1 is 1.03 bits per heavy atom. The molecule has 0 bridgehead atoms. The predicted octanol–water partition coefficient (Wildman–Crippen LogP) is -4.56. The van der Waals surface area contributed by atoms with E-state index in [1.165, 1.54) is 24.3 Å². The second-order valence-electron chi connectivity index (χ2n) is 7.66. The van der Waals surface area contributed by atoms with Crippen molar-refractivity contribution in [3.05, 3.63) is 29.8 Å². The minimum Gasteiger partial charge on any atom is -1.00 e. The number of likely N-dealkylation sites (N-methyl/N-ethyl adjacent to an activating group) is 1. The van der Waals surface area contributed by atoms with Gasteiger partial charge in [-0.05, 0) is 12.1 Å². The van der Waals surface area contributed by atoms with Gasteiger partial charge in [0, 0.05) is 0 Å². The second kappa shape index (κ2) is 13.0. The Balaban J connectivity index is 0.0000109. The number of benzene rings is 1. The summed E-state index contributed by atoms with van der Waals surface area (Å²) in [6.07, 6.45) is 0. The third kappa shape index (κ3) is 8.60. The zero-order chi connectivity index (χ0) is 25.3. The monoisotopic (exact) mass is 499 g/mol. The third-order valence-corrected chi connectivity index (χ3v) is 3.95. The predicted molar refractivity (Wildman–Crippen MR) is 115 cm³/mol. The zero-order valence-electron chi connectivity index (χ0n) is 19.2. The number of carbonyl (C=O) groups excluding carboxylic acids is 6. The van der Waals surface area contributed by atoms with E-state index < -0.39 is 47.1 Å². The van der Waals surface area contributed by atoms with Crippen molar-refractivity contribution in [3.8, 4) is 0 Å². The van der Waals surface area contributed by atoms with E-state index in [1.54, 1.807) is 21.1 Å². The molecule has 0 saturated heterocycles. The largest absolute Gasteiger partial charge is 1.00 e. The fraction of sp³-hybridized carbons (Fsp3) is 0.350. The lowest BCUT2D eigenvalue weighted by atomic mass is 9.97. The van der Waals surface area contributed by atoms with Crippen LogP contribution in [0.25, 0.3) is 0 Å². The molecular formula is C20H26ClN5O8. The van der Waals surface area contributed by atoms with E-state index in [1.807, 2.05) is 0 Å². The van der Waals surface area contributed by atoms with Crippen LogP contribution in [-0.4, -0.2) is 87.5 Å². The van der Waals surface area contributed by atoms with Gasteiger partial charge >= 0.3 is 11.9 Å². The first kappa shape index (κ1) is 30.2. The van der Waals surface area contributed by atoms with Crippen molar-refractivity contribution in [2.75, 3.05) is 47.2 Å². The number of nitrogens with zero attached hydrogens (tertiary/aromatic N) is 2. The van der Waals surface area contributed by atoms with Gasteiger partial charge in [0.2, 0.25) is 5.78 Å². The summed E-state index contributed by atoms with van der Waals surface area (Å²) in [6, 6.07) is 5.56. The number of nitrogens with two attached hydrogens (primary N) is 1. The number of hydrogen-bond donors (Lipinski definition) is 3. The Morgan fingerprint density at radius 2 is 1.62 bits per heavy atom. The van der Waals surface area contributed by atoms with Gasteiger partial charge in [0.05, 0.1) is 46.6 Å². The number of Topliss-reactive ketones (excluding diaryl/α,β-unsaturated/α-hetero) is 1. The topological polar surface area (TPSA) is 183 Å². The normalized spacial score (nSPS) is 11.9. The van der Waals surface area contributed by atoms with Crippen molar-refractivity contribution in [2.24, 2.45) is 16.8 Å². The molecule has 13 nitrogen and oxygen atoms in total. The van der Waals surface area contributed by atoms with E-state index in [4.69, 9.17) is 5.73 Å². The molecule has 0 heterocycles. The van der Waals surface area contributed by atoms with E-state index in [2.05, 4.69) is 25.3 Å². The summed E-state index contributed by atoms with van der Waals surface area (Å²) in [5, 5.41) is 5.73. The van der Waals surface area contributed by atoms with Crippen molar-refractivity contribution in [1.82, 2.24) is 5.43 Å². The number of carbonyl (C=O) groups is 6. The van der Waals surface area contributed by atoms with Gasteiger partial charge in [0.15, 0.2) is 18.2 Å². The van der Waals surface area contributed by atoms with Gasteiger partial charge in [-0.2, -0.15) is 5.10 Å². The molecule has 3 amide bonds. The van der Waals surface area contributed by atoms with Crippen LogP contribution in [0.1, 0.15) is 10.4 Å².